The number of halogens is 2. The van der Waals surface area contributed by atoms with Gasteiger partial charge >= 0.3 is 0 Å². The van der Waals surface area contributed by atoms with Gasteiger partial charge in [0.25, 0.3) is 0 Å². The fourth-order valence-corrected chi connectivity index (χ4v) is 4.11. The normalized spacial score (nSPS) is 32.4. The second-order valence-electron chi connectivity index (χ2n) is 4.12. The van der Waals surface area contributed by atoms with E-state index in [-0.39, 0.29) is 0 Å². The lowest BCUT2D eigenvalue weighted by Gasteiger charge is -2.15. The second kappa shape index (κ2) is 4.54. The van der Waals surface area contributed by atoms with Crippen LogP contribution in [0.3, 0.4) is 0 Å². The SMILES string of the molecule is CC1C(Cl)CCC1Cc1ccc(Br)s1. The van der Waals surface area contributed by atoms with Crippen molar-refractivity contribution in [1.82, 2.24) is 0 Å². The average molecular weight is 294 g/mol. The summed E-state index contributed by atoms with van der Waals surface area (Å²) in [6.45, 7) is 2.29. The Labute approximate surface area is 103 Å². The lowest BCUT2D eigenvalue weighted by Crippen LogP contribution is -2.12. The zero-order chi connectivity index (χ0) is 10.1. The molecule has 14 heavy (non-hydrogen) atoms. The lowest BCUT2D eigenvalue weighted by molar-refractivity contribution is 0.422. The van der Waals surface area contributed by atoms with Crippen molar-refractivity contribution in [2.24, 2.45) is 11.8 Å². The molecule has 0 amide bonds. The molecule has 3 unspecified atom stereocenters. The number of hydrogen-bond acceptors (Lipinski definition) is 1. The first-order valence-corrected chi connectivity index (χ1v) is 7.09. The van der Waals surface area contributed by atoms with Crippen LogP contribution in [0, 0.1) is 11.8 Å². The van der Waals surface area contributed by atoms with E-state index in [2.05, 4.69) is 35.0 Å². The number of alkyl halides is 1. The van der Waals surface area contributed by atoms with E-state index in [1.165, 1.54) is 27.9 Å². The molecule has 1 heterocycles. The van der Waals surface area contributed by atoms with Gasteiger partial charge in [-0.2, -0.15) is 0 Å². The summed E-state index contributed by atoms with van der Waals surface area (Å²) in [6.07, 6.45) is 3.70. The Morgan fingerprint density at radius 2 is 2.29 bits per heavy atom. The third kappa shape index (κ3) is 2.34. The highest BCUT2D eigenvalue weighted by atomic mass is 79.9. The predicted molar refractivity (Wildman–Crippen MR) is 67.3 cm³/mol. The van der Waals surface area contributed by atoms with Gasteiger partial charge in [-0.1, -0.05) is 6.92 Å². The van der Waals surface area contributed by atoms with E-state index in [0.717, 1.165) is 5.92 Å². The van der Waals surface area contributed by atoms with Crippen molar-refractivity contribution in [2.75, 3.05) is 0 Å². The van der Waals surface area contributed by atoms with Gasteiger partial charge in [0.1, 0.15) is 0 Å². The first-order valence-electron chi connectivity index (χ1n) is 5.05. The molecule has 78 valence electrons. The van der Waals surface area contributed by atoms with Crippen molar-refractivity contribution in [1.29, 1.82) is 0 Å². The molecule has 1 aliphatic carbocycles. The molecule has 0 radical (unpaired) electrons. The summed E-state index contributed by atoms with van der Waals surface area (Å²) in [5, 5.41) is 0.406. The zero-order valence-electron chi connectivity index (χ0n) is 8.17. The van der Waals surface area contributed by atoms with E-state index in [0.29, 0.717) is 11.3 Å². The first-order chi connectivity index (χ1) is 6.66. The van der Waals surface area contributed by atoms with Crippen LogP contribution in [0.25, 0.3) is 0 Å². The summed E-state index contributed by atoms with van der Waals surface area (Å²) in [7, 11) is 0. The molecule has 3 atom stereocenters. The molecule has 0 saturated heterocycles. The van der Waals surface area contributed by atoms with Gasteiger partial charge in [-0.25, -0.2) is 0 Å². The highest BCUT2D eigenvalue weighted by Crippen LogP contribution is 2.38. The Hall–Kier alpha value is 0.470. The largest absolute Gasteiger partial charge is 0.133 e. The third-order valence-corrected chi connectivity index (χ3v) is 5.48. The van der Waals surface area contributed by atoms with Crippen molar-refractivity contribution in [3.05, 3.63) is 20.8 Å². The molecule has 0 bridgehead atoms. The maximum atomic E-state index is 6.22. The Morgan fingerprint density at radius 1 is 1.50 bits per heavy atom. The highest BCUT2D eigenvalue weighted by molar-refractivity contribution is 9.11. The Kier molecular flexibility index (Phi) is 3.56. The number of thiophene rings is 1. The van der Waals surface area contributed by atoms with Crippen LogP contribution in [0.2, 0.25) is 0 Å². The average Bonchev–Trinajstić information content (AvgIpc) is 2.67. The van der Waals surface area contributed by atoms with Crippen molar-refractivity contribution in [3.63, 3.8) is 0 Å². The van der Waals surface area contributed by atoms with Gasteiger partial charge in [0.15, 0.2) is 0 Å². The van der Waals surface area contributed by atoms with E-state index in [9.17, 15) is 0 Å². The Bertz CT molecular complexity index is 310. The van der Waals surface area contributed by atoms with Gasteiger partial charge < -0.3 is 0 Å². The van der Waals surface area contributed by atoms with Crippen LogP contribution in [0.1, 0.15) is 24.6 Å². The minimum Gasteiger partial charge on any atom is -0.133 e. The van der Waals surface area contributed by atoms with Crippen molar-refractivity contribution in [2.45, 2.75) is 31.6 Å². The minimum absolute atomic E-state index is 0.406. The summed E-state index contributed by atoms with van der Waals surface area (Å²) in [6, 6.07) is 4.36. The fourth-order valence-electron chi connectivity index (χ4n) is 2.20. The molecule has 1 aromatic heterocycles. The summed E-state index contributed by atoms with van der Waals surface area (Å²) >= 11 is 11.6. The van der Waals surface area contributed by atoms with E-state index < -0.39 is 0 Å². The van der Waals surface area contributed by atoms with Crippen LogP contribution < -0.4 is 0 Å². The van der Waals surface area contributed by atoms with Gasteiger partial charge in [-0.15, -0.1) is 22.9 Å². The van der Waals surface area contributed by atoms with E-state index >= 15 is 0 Å². The summed E-state index contributed by atoms with van der Waals surface area (Å²) < 4.78 is 1.24. The van der Waals surface area contributed by atoms with Crippen molar-refractivity contribution in [3.8, 4) is 0 Å². The van der Waals surface area contributed by atoms with Crippen LogP contribution in [0.15, 0.2) is 15.9 Å². The standard InChI is InChI=1S/C11H14BrClS/c1-7-8(2-4-10(7)13)6-9-3-5-11(12)14-9/h3,5,7-8,10H,2,4,6H2,1H3. The molecule has 1 fully saturated rings. The Morgan fingerprint density at radius 3 is 2.79 bits per heavy atom. The van der Waals surface area contributed by atoms with E-state index in [1.54, 1.807) is 0 Å². The van der Waals surface area contributed by atoms with Gasteiger partial charge in [-0.3, -0.25) is 0 Å². The van der Waals surface area contributed by atoms with Crippen LogP contribution in [-0.4, -0.2) is 5.38 Å². The zero-order valence-corrected chi connectivity index (χ0v) is 11.3. The Balaban J connectivity index is 1.98. The smallest absolute Gasteiger partial charge is 0.0701 e. The molecule has 0 aromatic carbocycles. The monoisotopic (exact) mass is 292 g/mol. The predicted octanol–water partition coefficient (Wildman–Crippen LogP) is 4.71. The first kappa shape index (κ1) is 11.0. The van der Waals surface area contributed by atoms with Gasteiger partial charge in [-0.05, 0) is 59.2 Å². The van der Waals surface area contributed by atoms with E-state index in [1.807, 2.05) is 11.3 Å². The molecule has 0 aliphatic heterocycles. The topological polar surface area (TPSA) is 0 Å². The maximum Gasteiger partial charge on any atom is 0.0701 e. The molecule has 1 aromatic rings. The van der Waals surface area contributed by atoms with Gasteiger partial charge in [0.2, 0.25) is 0 Å². The van der Waals surface area contributed by atoms with Crippen LogP contribution >= 0.6 is 38.9 Å². The molecule has 0 nitrogen and oxygen atoms in total. The van der Waals surface area contributed by atoms with Crippen molar-refractivity contribution >= 4 is 38.9 Å². The lowest BCUT2D eigenvalue weighted by atomic mass is 9.94. The van der Waals surface area contributed by atoms with Crippen LogP contribution in [0.4, 0.5) is 0 Å². The molecule has 1 saturated carbocycles. The van der Waals surface area contributed by atoms with Crippen LogP contribution in [0.5, 0.6) is 0 Å². The number of rotatable bonds is 2. The molecular weight excluding hydrogens is 280 g/mol. The molecule has 3 heteroatoms. The quantitative estimate of drug-likeness (QED) is 0.693. The van der Waals surface area contributed by atoms with Crippen LogP contribution in [-0.2, 0) is 6.42 Å². The highest BCUT2D eigenvalue weighted by Gasteiger charge is 2.31. The molecule has 0 N–H and O–H groups in total. The fraction of sp³-hybridized carbons (Fsp3) is 0.636. The summed E-state index contributed by atoms with van der Waals surface area (Å²) in [5.74, 6) is 1.47. The van der Waals surface area contributed by atoms with Gasteiger partial charge in [0, 0.05) is 10.3 Å². The molecule has 1 aliphatic rings. The third-order valence-electron chi connectivity index (χ3n) is 3.22. The molecular formula is C11H14BrClS. The minimum atomic E-state index is 0.406. The van der Waals surface area contributed by atoms with Gasteiger partial charge in [0.05, 0.1) is 3.79 Å². The molecule has 2 rings (SSSR count). The molecule has 0 spiro atoms. The summed E-state index contributed by atoms with van der Waals surface area (Å²) in [5.41, 5.74) is 0. The second-order valence-corrected chi connectivity index (χ2v) is 7.23. The van der Waals surface area contributed by atoms with E-state index in [4.69, 9.17) is 11.6 Å². The number of hydrogen-bond donors (Lipinski definition) is 0. The summed E-state index contributed by atoms with van der Waals surface area (Å²) in [4.78, 5) is 1.49. The maximum absolute atomic E-state index is 6.22. The van der Waals surface area contributed by atoms with Crippen molar-refractivity contribution < 1.29 is 0 Å².